The van der Waals surface area contributed by atoms with Gasteiger partial charge in [-0.05, 0) is 18.8 Å². The molecule has 0 aromatic rings. The summed E-state index contributed by atoms with van der Waals surface area (Å²) in [5.41, 5.74) is 0. The van der Waals surface area contributed by atoms with Gasteiger partial charge in [-0.3, -0.25) is 9.59 Å². The molecule has 0 aromatic heterocycles. The van der Waals surface area contributed by atoms with Gasteiger partial charge in [-0.15, -0.1) is 0 Å². The topological polar surface area (TPSA) is 52.6 Å². The van der Waals surface area contributed by atoms with Crippen LogP contribution in [0.3, 0.4) is 0 Å². The zero-order valence-corrected chi connectivity index (χ0v) is 9.82. The van der Waals surface area contributed by atoms with Crippen LogP contribution < -0.4 is 0 Å². The quantitative estimate of drug-likeness (QED) is 0.507. The summed E-state index contributed by atoms with van der Waals surface area (Å²) in [5, 5.41) is 0. The van der Waals surface area contributed by atoms with E-state index in [2.05, 4.69) is 0 Å². The molecule has 0 unspecified atom stereocenters. The number of esters is 2. The Balaban J connectivity index is 2.09. The highest BCUT2D eigenvalue weighted by Gasteiger charge is 2.46. The van der Waals surface area contributed by atoms with E-state index in [1.54, 1.807) is 13.8 Å². The summed E-state index contributed by atoms with van der Waals surface area (Å²) < 4.78 is 10.3. The first kappa shape index (κ1) is 11.4. The normalized spacial score (nSPS) is 27.4. The number of rotatable bonds is 1. The number of carbonyl (C=O) groups is 2. The lowest BCUT2D eigenvalue weighted by Crippen LogP contribution is -2.49. The van der Waals surface area contributed by atoms with Gasteiger partial charge in [-0.25, -0.2) is 0 Å². The van der Waals surface area contributed by atoms with Gasteiger partial charge in [0.15, 0.2) is 5.92 Å². The Kier molecular flexibility index (Phi) is 2.91. The van der Waals surface area contributed by atoms with Gasteiger partial charge in [0.1, 0.15) is 0 Å². The van der Waals surface area contributed by atoms with Crippen molar-refractivity contribution in [2.75, 3.05) is 0 Å². The molecule has 4 nitrogen and oxygen atoms in total. The fraction of sp³-hybridized carbons (Fsp3) is 0.833. The first-order valence-corrected chi connectivity index (χ1v) is 5.95. The van der Waals surface area contributed by atoms with Crippen LogP contribution in [0.2, 0.25) is 0 Å². The van der Waals surface area contributed by atoms with Crippen LogP contribution in [0.5, 0.6) is 0 Å². The van der Waals surface area contributed by atoms with E-state index in [1.165, 1.54) is 6.42 Å². The lowest BCUT2D eigenvalue weighted by molar-refractivity contribution is -0.243. The SMILES string of the molecule is CC1(C)OC(=O)C(C2CCCCC2)C(=O)O1. The van der Waals surface area contributed by atoms with Crippen LogP contribution in [-0.4, -0.2) is 17.7 Å². The summed E-state index contributed by atoms with van der Waals surface area (Å²) in [7, 11) is 0. The first-order valence-electron chi connectivity index (χ1n) is 5.95. The van der Waals surface area contributed by atoms with Crippen LogP contribution in [0.15, 0.2) is 0 Å². The number of hydrogen-bond donors (Lipinski definition) is 0. The summed E-state index contributed by atoms with van der Waals surface area (Å²) >= 11 is 0. The molecular weight excluding hydrogens is 208 g/mol. The van der Waals surface area contributed by atoms with Crippen molar-refractivity contribution in [2.24, 2.45) is 11.8 Å². The van der Waals surface area contributed by atoms with Crippen molar-refractivity contribution in [1.82, 2.24) is 0 Å². The van der Waals surface area contributed by atoms with Crippen molar-refractivity contribution >= 4 is 11.9 Å². The van der Waals surface area contributed by atoms with Crippen LogP contribution in [-0.2, 0) is 19.1 Å². The van der Waals surface area contributed by atoms with Crippen LogP contribution in [0, 0.1) is 11.8 Å². The predicted molar refractivity (Wildman–Crippen MR) is 56.3 cm³/mol. The lowest BCUT2D eigenvalue weighted by atomic mass is 9.79. The third-order valence-electron chi connectivity index (χ3n) is 3.32. The standard InChI is InChI=1S/C12H18O4/c1-12(2)15-10(13)9(11(14)16-12)8-6-4-3-5-7-8/h8-9H,3-7H2,1-2H3. The van der Waals surface area contributed by atoms with Gasteiger partial charge in [-0.2, -0.15) is 0 Å². The molecular formula is C12H18O4. The van der Waals surface area contributed by atoms with Gasteiger partial charge in [0, 0.05) is 13.8 Å². The van der Waals surface area contributed by atoms with Crippen molar-refractivity contribution in [2.45, 2.75) is 51.7 Å². The highest BCUT2D eigenvalue weighted by Crippen LogP contribution is 2.35. The fourth-order valence-corrected chi connectivity index (χ4v) is 2.58. The monoisotopic (exact) mass is 226 g/mol. The van der Waals surface area contributed by atoms with Gasteiger partial charge in [0.05, 0.1) is 0 Å². The van der Waals surface area contributed by atoms with Gasteiger partial charge in [0.25, 0.3) is 5.79 Å². The van der Waals surface area contributed by atoms with Gasteiger partial charge in [0.2, 0.25) is 0 Å². The lowest BCUT2D eigenvalue weighted by Gasteiger charge is -2.36. The van der Waals surface area contributed by atoms with E-state index < -0.39 is 23.6 Å². The van der Waals surface area contributed by atoms with Gasteiger partial charge >= 0.3 is 11.9 Å². The summed E-state index contributed by atoms with van der Waals surface area (Å²) in [6, 6.07) is 0. The minimum absolute atomic E-state index is 0.116. The smallest absolute Gasteiger partial charge is 0.323 e. The third-order valence-corrected chi connectivity index (χ3v) is 3.32. The molecule has 1 aliphatic carbocycles. The molecule has 1 saturated carbocycles. The second kappa shape index (κ2) is 4.07. The molecule has 0 atom stereocenters. The van der Waals surface area contributed by atoms with E-state index in [9.17, 15) is 9.59 Å². The molecule has 1 aliphatic heterocycles. The Bertz CT molecular complexity index is 282. The Morgan fingerprint density at radius 3 is 2.00 bits per heavy atom. The van der Waals surface area contributed by atoms with Crippen molar-refractivity contribution in [3.8, 4) is 0 Å². The zero-order chi connectivity index (χ0) is 11.8. The maximum absolute atomic E-state index is 11.8. The largest absolute Gasteiger partial charge is 0.422 e. The average molecular weight is 226 g/mol. The van der Waals surface area contributed by atoms with Crippen LogP contribution in [0.4, 0.5) is 0 Å². The molecule has 1 saturated heterocycles. The van der Waals surface area contributed by atoms with E-state index in [0.717, 1.165) is 25.7 Å². The summed E-state index contributed by atoms with van der Waals surface area (Å²) in [4.78, 5) is 23.6. The second-order valence-corrected chi connectivity index (χ2v) is 5.12. The molecule has 0 radical (unpaired) electrons. The molecule has 90 valence electrons. The number of ether oxygens (including phenoxy) is 2. The third kappa shape index (κ3) is 2.20. The highest BCUT2D eigenvalue weighted by atomic mass is 16.7. The fourth-order valence-electron chi connectivity index (χ4n) is 2.58. The summed E-state index contributed by atoms with van der Waals surface area (Å²) in [6.45, 7) is 3.17. The second-order valence-electron chi connectivity index (χ2n) is 5.12. The first-order chi connectivity index (χ1) is 7.49. The van der Waals surface area contributed by atoms with E-state index in [0.29, 0.717) is 0 Å². The molecule has 16 heavy (non-hydrogen) atoms. The maximum Gasteiger partial charge on any atom is 0.323 e. The Morgan fingerprint density at radius 1 is 1.00 bits per heavy atom. The van der Waals surface area contributed by atoms with E-state index in [4.69, 9.17) is 9.47 Å². The predicted octanol–water partition coefficient (Wildman–Crippen LogP) is 2.02. The molecule has 1 heterocycles. The average Bonchev–Trinajstić information content (AvgIpc) is 2.16. The van der Waals surface area contributed by atoms with Crippen LogP contribution in [0.1, 0.15) is 46.0 Å². The molecule has 0 aromatic carbocycles. The van der Waals surface area contributed by atoms with Gasteiger partial charge in [-0.1, -0.05) is 19.3 Å². The van der Waals surface area contributed by atoms with E-state index >= 15 is 0 Å². The summed E-state index contributed by atoms with van der Waals surface area (Å²) in [5.74, 6) is -2.49. The van der Waals surface area contributed by atoms with E-state index in [-0.39, 0.29) is 5.92 Å². The minimum Gasteiger partial charge on any atom is -0.422 e. The van der Waals surface area contributed by atoms with Crippen molar-refractivity contribution in [3.63, 3.8) is 0 Å². The number of hydrogen-bond acceptors (Lipinski definition) is 4. The minimum atomic E-state index is -1.10. The highest BCUT2D eigenvalue weighted by molar-refractivity contribution is 5.97. The molecule has 0 N–H and O–H groups in total. The Hall–Kier alpha value is -1.06. The molecule has 2 fully saturated rings. The van der Waals surface area contributed by atoms with Crippen molar-refractivity contribution < 1.29 is 19.1 Å². The number of carbonyl (C=O) groups excluding carboxylic acids is 2. The molecule has 0 spiro atoms. The molecule has 2 aliphatic rings. The molecule has 4 heteroatoms. The molecule has 0 bridgehead atoms. The molecule has 0 amide bonds. The van der Waals surface area contributed by atoms with E-state index in [1.807, 2.05) is 0 Å². The van der Waals surface area contributed by atoms with Crippen LogP contribution in [0.25, 0.3) is 0 Å². The van der Waals surface area contributed by atoms with Gasteiger partial charge < -0.3 is 9.47 Å². The van der Waals surface area contributed by atoms with Crippen molar-refractivity contribution in [3.05, 3.63) is 0 Å². The number of cyclic esters (lactones) is 2. The Morgan fingerprint density at radius 2 is 1.50 bits per heavy atom. The molecule has 2 rings (SSSR count). The zero-order valence-electron chi connectivity index (χ0n) is 9.82. The Labute approximate surface area is 95.3 Å². The summed E-state index contributed by atoms with van der Waals surface area (Å²) in [6.07, 6.45) is 5.22. The van der Waals surface area contributed by atoms with Crippen LogP contribution >= 0.6 is 0 Å². The van der Waals surface area contributed by atoms with Crippen molar-refractivity contribution in [1.29, 1.82) is 0 Å². The maximum atomic E-state index is 11.8.